The van der Waals surface area contributed by atoms with E-state index in [2.05, 4.69) is 0 Å². The maximum Gasteiger partial charge on any atom is 0.409 e. The van der Waals surface area contributed by atoms with Crippen LogP contribution in [0, 0.1) is 6.92 Å². The molecule has 4 N–H and O–H groups in total. The average Bonchev–Trinajstić information content (AvgIpc) is 2.32. The summed E-state index contributed by atoms with van der Waals surface area (Å²) >= 11 is 0.858. The molecule has 0 aromatic carbocycles. The monoisotopic (exact) mass is 239 g/mol. The molecule has 6 nitrogen and oxygen atoms in total. The van der Waals surface area contributed by atoms with Crippen LogP contribution in [0.5, 0.6) is 0 Å². The number of nitrogen functional groups attached to an aromatic ring is 1. The molecular formula is C6H11N2O4S2+. The van der Waals surface area contributed by atoms with E-state index in [1.165, 1.54) is 0 Å². The van der Waals surface area contributed by atoms with Crippen LogP contribution in [0.25, 0.3) is 0 Å². The summed E-state index contributed by atoms with van der Waals surface area (Å²) in [5.74, 6) is 5.43. The maximum absolute atomic E-state index is 10.8. The van der Waals surface area contributed by atoms with Crippen molar-refractivity contribution in [3.8, 4) is 0 Å². The second-order valence-corrected chi connectivity index (χ2v) is 5.37. The lowest BCUT2D eigenvalue weighted by Gasteiger charge is -1.88. The van der Waals surface area contributed by atoms with Gasteiger partial charge in [-0.1, -0.05) is 4.68 Å². The van der Waals surface area contributed by atoms with Crippen LogP contribution in [0.15, 0.2) is 4.34 Å². The minimum absolute atomic E-state index is 0.0910. The summed E-state index contributed by atoms with van der Waals surface area (Å²) in [6.07, 6.45) is 0.323. The van der Waals surface area contributed by atoms with E-state index < -0.39 is 10.1 Å². The molecule has 0 bridgehead atoms. The fourth-order valence-electron chi connectivity index (χ4n) is 1.01. The zero-order valence-corrected chi connectivity index (χ0v) is 9.10. The number of rotatable bonds is 3. The van der Waals surface area contributed by atoms with Gasteiger partial charge in [0.05, 0.1) is 4.88 Å². The number of aliphatic hydroxyl groups excluding tert-OH is 1. The molecule has 0 saturated carbocycles. The number of hydrogen-bond acceptors (Lipinski definition) is 5. The van der Waals surface area contributed by atoms with Gasteiger partial charge in [0.15, 0.2) is 0 Å². The van der Waals surface area contributed by atoms with E-state index in [9.17, 15) is 8.42 Å². The fraction of sp³-hybridized carbons (Fsp3) is 0.500. The zero-order valence-electron chi connectivity index (χ0n) is 7.47. The van der Waals surface area contributed by atoms with Gasteiger partial charge in [-0.15, -0.1) is 0 Å². The lowest BCUT2D eigenvalue weighted by Crippen LogP contribution is -2.49. The van der Waals surface area contributed by atoms with Crippen LogP contribution in [0.3, 0.4) is 0 Å². The molecule has 1 aromatic rings. The summed E-state index contributed by atoms with van der Waals surface area (Å²) in [4.78, 5) is 0.641. The third kappa shape index (κ3) is 2.03. The van der Waals surface area contributed by atoms with Gasteiger partial charge in [0.1, 0.15) is 0 Å². The molecule has 0 radical (unpaired) electrons. The summed E-state index contributed by atoms with van der Waals surface area (Å²) in [5, 5.41) is 8.69. The topological polar surface area (TPSA) is 104 Å². The molecule has 0 spiro atoms. The van der Waals surface area contributed by atoms with Crippen molar-refractivity contribution in [1.82, 2.24) is 0 Å². The van der Waals surface area contributed by atoms with Crippen molar-refractivity contribution in [3.05, 3.63) is 10.6 Å². The van der Waals surface area contributed by atoms with Crippen molar-refractivity contribution in [2.45, 2.75) is 17.7 Å². The molecule has 14 heavy (non-hydrogen) atoms. The van der Waals surface area contributed by atoms with E-state index in [1.54, 1.807) is 6.92 Å². The molecule has 80 valence electrons. The first-order chi connectivity index (χ1) is 6.38. The summed E-state index contributed by atoms with van der Waals surface area (Å²) in [6, 6.07) is 0. The molecule has 0 fully saturated rings. The number of nitrogens with zero attached hydrogens (tertiary/aromatic N) is 1. The van der Waals surface area contributed by atoms with Gasteiger partial charge in [-0.25, -0.2) is 5.84 Å². The lowest BCUT2D eigenvalue weighted by molar-refractivity contribution is -0.678. The van der Waals surface area contributed by atoms with Crippen molar-refractivity contribution in [2.75, 3.05) is 12.4 Å². The normalized spacial score (nSPS) is 11.9. The molecule has 1 rings (SSSR count). The van der Waals surface area contributed by atoms with Gasteiger partial charge in [0.25, 0.3) is 0 Å². The van der Waals surface area contributed by atoms with E-state index >= 15 is 0 Å². The van der Waals surface area contributed by atoms with Crippen LogP contribution >= 0.6 is 11.3 Å². The SMILES string of the molecule is Cc1c(CCO)sc(S(=O)(=O)O)[n+]1N. The predicted octanol–water partition coefficient (Wildman–Crippen LogP) is -1.16. The Labute approximate surface area is 85.3 Å². The Bertz CT molecular complexity index is 437. The van der Waals surface area contributed by atoms with Gasteiger partial charge in [-0.2, -0.15) is 8.42 Å². The molecule has 0 aliphatic rings. The predicted molar refractivity (Wildman–Crippen MR) is 50.0 cm³/mol. The molecule has 0 amide bonds. The van der Waals surface area contributed by atoms with E-state index in [1.807, 2.05) is 0 Å². The quantitative estimate of drug-likeness (QED) is 0.350. The molecule has 0 atom stereocenters. The molecule has 1 aromatic heterocycles. The Morgan fingerprint density at radius 1 is 1.57 bits per heavy atom. The largest absolute Gasteiger partial charge is 0.409 e. The first-order valence-corrected chi connectivity index (χ1v) is 6.01. The number of aromatic nitrogens is 1. The smallest absolute Gasteiger partial charge is 0.396 e. The highest BCUT2D eigenvalue weighted by molar-refractivity contribution is 7.87. The third-order valence-electron chi connectivity index (χ3n) is 1.73. The number of hydrogen-bond donors (Lipinski definition) is 3. The molecular weight excluding hydrogens is 228 g/mol. The first-order valence-electron chi connectivity index (χ1n) is 3.75. The Kier molecular flexibility index (Phi) is 3.10. The zero-order chi connectivity index (χ0) is 10.9. The van der Waals surface area contributed by atoms with Crippen molar-refractivity contribution >= 4 is 21.5 Å². The van der Waals surface area contributed by atoms with Gasteiger partial charge in [0.2, 0.25) is 5.69 Å². The van der Waals surface area contributed by atoms with Gasteiger partial charge < -0.3 is 5.11 Å². The summed E-state index contributed by atoms with van der Waals surface area (Å²) in [7, 11) is -4.28. The Hall–Kier alpha value is -0.700. The Balaban J connectivity index is 3.29. The number of thiazole rings is 1. The van der Waals surface area contributed by atoms with Crippen LogP contribution in [0.2, 0.25) is 0 Å². The van der Waals surface area contributed by atoms with Crippen molar-refractivity contribution in [1.29, 1.82) is 0 Å². The van der Waals surface area contributed by atoms with Crippen molar-refractivity contribution in [3.63, 3.8) is 0 Å². The fourth-order valence-corrected chi connectivity index (χ4v) is 3.00. The second kappa shape index (κ2) is 3.81. The number of aliphatic hydroxyl groups is 1. The maximum atomic E-state index is 10.8. The van der Waals surface area contributed by atoms with Gasteiger partial charge >= 0.3 is 14.5 Å². The van der Waals surface area contributed by atoms with Gasteiger partial charge in [-0.05, 0) is 11.3 Å². The van der Waals surface area contributed by atoms with Crippen LogP contribution in [0.1, 0.15) is 10.6 Å². The average molecular weight is 239 g/mol. The summed E-state index contributed by atoms with van der Waals surface area (Å²) in [6.45, 7) is 1.53. The summed E-state index contributed by atoms with van der Waals surface area (Å²) < 4.78 is 31.0. The number of nitrogens with two attached hydrogens (primary N) is 1. The molecule has 0 aliphatic carbocycles. The highest BCUT2D eigenvalue weighted by Crippen LogP contribution is 2.19. The van der Waals surface area contributed by atoms with Crippen LogP contribution in [-0.2, 0) is 16.5 Å². The minimum Gasteiger partial charge on any atom is -0.396 e. The van der Waals surface area contributed by atoms with Gasteiger partial charge in [-0.3, -0.25) is 4.55 Å². The Morgan fingerprint density at radius 3 is 2.50 bits per heavy atom. The highest BCUT2D eigenvalue weighted by Gasteiger charge is 2.30. The molecule has 8 heteroatoms. The van der Waals surface area contributed by atoms with Crippen molar-refractivity contribution < 1.29 is 22.8 Å². The van der Waals surface area contributed by atoms with E-state index in [0.29, 0.717) is 17.0 Å². The standard InChI is InChI=1S/C6H10N2O4S2/c1-4-5(2-3-9)13-6(8(4)7)14(10,11)12/h9H,2-3,7H2,1H3/p+1. The molecule has 0 aliphatic heterocycles. The van der Waals surface area contributed by atoms with E-state index in [-0.39, 0.29) is 10.9 Å². The third-order valence-corrected chi connectivity index (χ3v) is 4.37. The van der Waals surface area contributed by atoms with Crippen LogP contribution in [0.4, 0.5) is 0 Å². The molecule has 0 saturated heterocycles. The van der Waals surface area contributed by atoms with E-state index in [0.717, 1.165) is 16.0 Å². The lowest BCUT2D eigenvalue weighted by atomic mass is 10.3. The molecule has 1 heterocycles. The Morgan fingerprint density at radius 2 is 2.14 bits per heavy atom. The second-order valence-electron chi connectivity index (χ2n) is 2.70. The van der Waals surface area contributed by atoms with Crippen LogP contribution in [-0.4, -0.2) is 24.7 Å². The van der Waals surface area contributed by atoms with Crippen LogP contribution < -0.4 is 10.5 Å². The highest BCUT2D eigenvalue weighted by atomic mass is 32.3. The van der Waals surface area contributed by atoms with Crippen molar-refractivity contribution in [2.24, 2.45) is 0 Å². The van der Waals surface area contributed by atoms with Gasteiger partial charge in [0, 0.05) is 20.0 Å². The first kappa shape index (κ1) is 11.4. The minimum atomic E-state index is -4.28. The van der Waals surface area contributed by atoms with E-state index in [4.69, 9.17) is 15.5 Å². The molecule has 0 unspecified atom stereocenters. The summed E-state index contributed by atoms with van der Waals surface area (Å²) in [5.41, 5.74) is 0.525.